The van der Waals surface area contributed by atoms with Gasteiger partial charge in [0, 0.05) is 180 Å². The lowest BCUT2D eigenvalue weighted by Crippen LogP contribution is -2.46. The van der Waals surface area contributed by atoms with Crippen molar-refractivity contribution in [2.75, 3.05) is 133 Å². The molecule has 626 valence electrons. The number of aromatic nitrogens is 13. The summed E-state index contributed by atoms with van der Waals surface area (Å²) >= 11 is 0. The molecule has 8 aromatic heterocycles. The number of hydrogen-bond acceptors (Lipinski definition) is 22. The summed E-state index contributed by atoms with van der Waals surface area (Å²) in [5, 5.41) is 16.2. The number of benzene rings is 6. The fourth-order valence-corrected chi connectivity index (χ4v) is 13.7. The Balaban J connectivity index is 0.000000148. The maximum Gasteiger partial charge on any atom is 0.262 e. The largest absolute Gasteiger partial charge is 0.435 e. The van der Waals surface area contributed by atoms with Crippen LogP contribution in [0.4, 0.5) is 81.1 Å². The van der Waals surface area contributed by atoms with E-state index in [0.717, 1.165) is 99.6 Å². The Kier molecular flexibility index (Phi) is 24.5. The Morgan fingerprint density at radius 2 is 0.851 bits per heavy atom. The van der Waals surface area contributed by atoms with E-state index in [1.165, 1.54) is 59.1 Å². The highest BCUT2D eigenvalue weighted by Gasteiger charge is 2.32. The van der Waals surface area contributed by atoms with Crippen LogP contribution in [0.5, 0.6) is 34.9 Å². The quantitative estimate of drug-likeness (QED) is 0.0329. The number of aryl methyl sites for hydroxylation is 3. The first-order valence-electron chi connectivity index (χ1n) is 38.4. The van der Waals surface area contributed by atoms with E-state index in [1.54, 1.807) is 91.4 Å². The Morgan fingerprint density at radius 3 is 1.26 bits per heavy atom. The number of aromatic amines is 4. The molecule has 29 nitrogen and oxygen atoms in total. The van der Waals surface area contributed by atoms with Crippen LogP contribution in [0.2, 0.25) is 0 Å². The van der Waals surface area contributed by atoms with Gasteiger partial charge in [-0.1, -0.05) is 13.0 Å². The van der Waals surface area contributed by atoms with Crippen LogP contribution in [-0.2, 0) is 0 Å². The molecule has 3 amide bonds. The molecule has 0 spiro atoms. The average molecular weight is 1660 g/mol. The fourth-order valence-electron chi connectivity index (χ4n) is 13.7. The van der Waals surface area contributed by atoms with Crippen LogP contribution in [-0.4, -0.2) is 214 Å². The van der Waals surface area contributed by atoms with Gasteiger partial charge in [-0.2, -0.15) is 5.10 Å². The van der Waals surface area contributed by atoms with E-state index in [9.17, 15) is 27.6 Å². The molecule has 6 aromatic carbocycles. The van der Waals surface area contributed by atoms with Gasteiger partial charge in [-0.05, 0) is 115 Å². The first-order chi connectivity index (χ1) is 58.1. The molecular weight excluding hydrogens is 1580 g/mol. The Morgan fingerprint density at radius 1 is 0.446 bits per heavy atom. The minimum absolute atomic E-state index is 0.00868. The van der Waals surface area contributed by atoms with Crippen LogP contribution in [0.1, 0.15) is 68.9 Å². The van der Waals surface area contributed by atoms with Crippen LogP contribution in [0, 0.1) is 67.3 Å². The topological polar surface area (TPSA) is 317 Å². The molecule has 0 unspecified atom stereocenters. The van der Waals surface area contributed by atoms with E-state index < -0.39 is 81.5 Å². The smallest absolute Gasteiger partial charge is 0.262 e. The number of hydrogen-bond donors (Lipinski definition) is 7. The van der Waals surface area contributed by atoms with Crippen LogP contribution in [0.3, 0.4) is 0 Å². The summed E-state index contributed by atoms with van der Waals surface area (Å²) in [6.45, 7) is 18.6. The molecule has 2 fully saturated rings. The molecule has 10 heterocycles. The molecule has 0 bridgehead atoms. The Bertz CT molecular complexity index is 6250. The molecule has 37 heteroatoms. The summed E-state index contributed by atoms with van der Waals surface area (Å²) in [4.78, 5) is 94.3. The van der Waals surface area contributed by atoms with Crippen LogP contribution >= 0.6 is 0 Å². The number of carbonyl (C=O) groups is 3. The lowest BCUT2D eigenvalue weighted by atomic mass is 10.1. The van der Waals surface area contributed by atoms with E-state index in [-0.39, 0.29) is 84.5 Å². The minimum Gasteiger partial charge on any atom is -0.435 e. The second-order valence-corrected chi connectivity index (χ2v) is 28.9. The van der Waals surface area contributed by atoms with Crippen LogP contribution in [0.25, 0.3) is 55.0 Å². The van der Waals surface area contributed by atoms with Crippen molar-refractivity contribution in [3.05, 3.63) is 209 Å². The number of carbonyl (C=O) groups excluding carboxylic acids is 3. The normalized spacial score (nSPS) is 13.1. The van der Waals surface area contributed by atoms with E-state index in [1.807, 2.05) is 35.0 Å². The van der Waals surface area contributed by atoms with Gasteiger partial charge in [0.15, 0.2) is 75.4 Å². The number of piperazine rings is 2. The van der Waals surface area contributed by atoms with Crippen LogP contribution < -0.4 is 40.0 Å². The molecule has 0 atom stereocenters. The number of halogens is 8. The highest BCUT2D eigenvalue weighted by molar-refractivity contribution is 6.03. The van der Waals surface area contributed by atoms with Crippen molar-refractivity contribution >= 4 is 107 Å². The number of ether oxygens (including phenoxy) is 3. The van der Waals surface area contributed by atoms with Gasteiger partial charge in [-0.3, -0.25) is 29.5 Å². The molecule has 2 aliphatic rings. The number of fused-ring (bicyclic) bond motifs is 4. The molecule has 14 aromatic rings. The van der Waals surface area contributed by atoms with Gasteiger partial charge in [0.05, 0.1) is 44.7 Å². The van der Waals surface area contributed by atoms with Gasteiger partial charge in [0.2, 0.25) is 17.6 Å². The van der Waals surface area contributed by atoms with Gasteiger partial charge < -0.3 is 79.4 Å². The minimum atomic E-state index is -0.808. The van der Waals surface area contributed by atoms with Crippen LogP contribution in [0.15, 0.2) is 128 Å². The van der Waals surface area contributed by atoms with Crippen molar-refractivity contribution < 1.29 is 63.7 Å². The standard InChI is InChI=1S/C29H32F3N7O2.C28H30F3N7O2.C27H21F2N9O2/c1-5-37(4)29(40)24-27(36-18-7-8-22(20(30)14-18)39-11-9-38(6-2)10-12-39)33-16-34-28(24)41-23-15-21(31)26-19(25(23)32)13-17(3)35-26;1-5-37(4)28(39)23-26(35-17-6-7-21(19(29)13-17)38-10-8-36(3)9-11-38)32-15-33-27(23)40-22-14-20(30)25-18(24(22)31)12-16(2)34-25;1-13-8-15-23(29)20(10-16(28)24(15)34-13)40-26-22(27(39)38(2)3)25(32-12-33-26)35-21-11-18(36-37-21)14-4-5-17-19(9-14)31-7-6-30-17/h7-8,13-16,35H,5-6,9-12H2,1-4H3,(H,33,34,36);6-7,12-15,34H,5,8-11H2,1-4H3,(H,32,33,35);4-12,34H,1-3H3,(H2,32,33,35,36,37). The SMILES string of the molecule is CCN(C)C(=O)c1c(Nc2ccc(N3CCN(C)CC3)c(F)c2)ncnc1Oc1cc(F)c2[nH]c(C)cc2c1F.CCN1CCN(c2ccc(Nc3ncnc(Oc4cc(F)c5[nH]c(C)cc5c4F)c3C(=O)N(C)CC)cc2F)CC1.Cc1cc2c(F)c(Oc3ncnc(Nc4cc(-c5ccc6nccnc6c5)[nH]n4)c3C(=O)N(C)C)cc(F)c2[nH]1. The fraction of sp³-hybridized carbons (Fsp3) is 0.262. The molecule has 7 N–H and O–H groups in total. The number of H-pyrrole nitrogens is 4. The van der Waals surface area contributed by atoms with Gasteiger partial charge in [-0.15, -0.1) is 0 Å². The third-order valence-corrected chi connectivity index (χ3v) is 20.5. The zero-order chi connectivity index (χ0) is 85.8. The van der Waals surface area contributed by atoms with Gasteiger partial charge in [0.1, 0.15) is 47.3 Å². The molecule has 16 rings (SSSR count). The summed E-state index contributed by atoms with van der Waals surface area (Å²) in [6.07, 6.45) is 6.64. The highest BCUT2D eigenvalue weighted by atomic mass is 19.2. The van der Waals surface area contributed by atoms with Crippen molar-refractivity contribution in [2.24, 2.45) is 0 Å². The second kappa shape index (κ2) is 35.6. The Hall–Kier alpha value is -14.1. The zero-order valence-electron chi connectivity index (χ0n) is 67.5. The number of nitrogens with zero attached hydrogens (tertiary/aromatic N) is 16. The third kappa shape index (κ3) is 17.9. The summed E-state index contributed by atoms with van der Waals surface area (Å²) in [6, 6.07) is 23.8. The molecule has 0 saturated carbocycles. The molecule has 0 aliphatic carbocycles. The zero-order valence-corrected chi connectivity index (χ0v) is 67.5. The molecule has 2 aliphatic heterocycles. The number of amides is 3. The molecule has 121 heavy (non-hydrogen) atoms. The van der Waals surface area contributed by atoms with Crippen molar-refractivity contribution in [1.82, 2.24) is 89.5 Å². The lowest BCUT2D eigenvalue weighted by molar-refractivity contribution is 0.0791. The predicted octanol–water partition coefficient (Wildman–Crippen LogP) is 15.6. The maximum absolute atomic E-state index is 15.3. The second-order valence-electron chi connectivity index (χ2n) is 28.9. The van der Waals surface area contributed by atoms with E-state index in [0.29, 0.717) is 77.5 Å². The summed E-state index contributed by atoms with van der Waals surface area (Å²) in [5.74, 6) is -8.63. The molecular formula is C84H83F8N23O6. The lowest BCUT2D eigenvalue weighted by Gasteiger charge is -2.35. The van der Waals surface area contributed by atoms with E-state index >= 15 is 22.0 Å². The predicted molar refractivity (Wildman–Crippen MR) is 442 cm³/mol. The third-order valence-electron chi connectivity index (χ3n) is 20.5. The Labute approximate surface area is 687 Å². The number of anilines is 8. The maximum atomic E-state index is 15.3. The van der Waals surface area contributed by atoms with Crippen molar-refractivity contribution in [3.63, 3.8) is 0 Å². The average Bonchev–Trinajstić information content (AvgIpc) is 1.68. The first-order valence-corrected chi connectivity index (χ1v) is 38.4. The van der Waals surface area contributed by atoms with Gasteiger partial charge in [-0.25, -0.2) is 65.0 Å². The van der Waals surface area contributed by atoms with Gasteiger partial charge >= 0.3 is 0 Å². The van der Waals surface area contributed by atoms with Crippen molar-refractivity contribution in [2.45, 2.75) is 41.5 Å². The van der Waals surface area contributed by atoms with Gasteiger partial charge in [0.25, 0.3) is 17.7 Å². The summed E-state index contributed by atoms with van der Waals surface area (Å²) in [5.41, 5.74) is 6.09. The number of nitrogens with one attached hydrogen (secondary N) is 7. The molecule has 2 saturated heterocycles. The highest BCUT2D eigenvalue weighted by Crippen LogP contribution is 2.41. The first kappa shape index (κ1) is 83.4. The van der Waals surface area contributed by atoms with E-state index in [2.05, 4.69) is 97.7 Å². The number of rotatable bonds is 21. The monoisotopic (exact) mass is 1660 g/mol. The summed E-state index contributed by atoms with van der Waals surface area (Å²) < 4.78 is 138. The number of likely N-dealkylation sites (N-methyl/N-ethyl adjacent to an activating group) is 2. The van der Waals surface area contributed by atoms with E-state index in [4.69, 9.17) is 14.2 Å². The molecule has 0 radical (unpaired) electrons. The van der Waals surface area contributed by atoms with Crippen molar-refractivity contribution in [3.8, 4) is 46.1 Å². The van der Waals surface area contributed by atoms with Crippen molar-refractivity contribution in [1.29, 1.82) is 0 Å². The summed E-state index contributed by atoms with van der Waals surface area (Å²) in [7, 11) is 8.24.